The molecular weight excluding hydrogens is 193 g/mol. The van der Waals surface area contributed by atoms with Crippen LogP contribution >= 0.6 is 0 Å². The largest absolute Gasteiger partial charge is 0.384 e. The molecule has 1 aromatic rings. The lowest BCUT2D eigenvalue weighted by molar-refractivity contribution is 0.616. The first-order chi connectivity index (χ1) is 6.81. The first-order valence-electron chi connectivity index (χ1n) is 4.72. The SMILES string of the molecule is CC(C)(C)Nc1cccc(F)c1C(=N)N. The Balaban J connectivity index is 3.18. The molecule has 0 aliphatic carbocycles. The molecule has 1 rings (SSSR count). The maximum atomic E-state index is 13.4. The van der Waals surface area contributed by atoms with Gasteiger partial charge in [-0.1, -0.05) is 6.07 Å². The molecule has 0 fully saturated rings. The van der Waals surface area contributed by atoms with Crippen molar-refractivity contribution >= 4 is 11.5 Å². The van der Waals surface area contributed by atoms with Crippen molar-refractivity contribution in [3.63, 3.8) is 0 Å². The second kappa shape index (κ2) is 3.88. The monoisotopic (exact) mass is 209 g/mol. The van der Waals surface area contributed by atoms with E-state index in [0.717, 1.165) is 0 Å². The van der Waals surface area contributed by atoms with Crippen molar-refractivity contribution in [2.75, 3.05) is 5.32 Å². The molecule has 0 radical (unpaired) electrons. The minimum atomic E-state index is -0.475. The van der Waals surface area contributed by atoms with E-state index in [1.54, 1.807) is 12.1 Å². The number of amidine groups is 1. The number of anilines is 1. The maximum absolute atomic E-state index is 13.4. The van der Waals surface area contributed by atoms with Crippen LogP contribution in [0.25, 0.3) is 0 Å². The molecule has 1 aromatic carbocycles. The van der Waals surface area contributed by atoms with Crippen molar-refractivity contribution in [3.8, 4) is 0 Å². The standard InChI is InChI=1S/C11H16FN3/c1-11(2,3)15-8-6-4-5-7(12)9(8)10(13)14/h4-6,15H,1-3H3,(H3,13,14). The number of halogens is 1. The van der Waals surface area contributed by atoms with E-state index < -0.39 is 5.82 Å². The van der Waals surface area contributed by atoms with E-state index in [-0.39, 0.29) is 16.9 Å². The summed E-state index contributed by atoms with van der Waals surface area (Å²) in [7, 11) is 0. The number of nitrogen functional groups attached to an aromatic ring is 1. The predicted octanol–water partition coefficient (Wildman–Crippen LogP) is 2.32. The molecule has 0 saturated heterocycles. The van der Waals surface area contributed by atoms with E-state index in [2.05, 4.69) is 5.32 Å². The van der Waals surface area contributed by atoms with Gasteiger partial charge in [-0.3, -0.25) is 5.41 Å². The van der Waals surface area contributed by atoms with Crippen LogP contribution in [0.15, 0.2) is 18.2 Å². The summed E-state index contributed by atoms with van der Waals surface area (Å²) in [5.74, 6) is -0.739. The highest BCUT2D eigenvalue weighted by Crippen LogP contribution is 2.21. The van der Waals surface area contributed by atoms with Crippen molar-refractivity contribution < 1.29 is 4.39 Å². The number of nitrogens with one attached hydrogen (secondary N) is 2. The molecule has 0 amide bonds. The molecular formula is C11H16FN3. The molecule has 0 aromatic heterocycles. The van der Waals surface area contributed by atoms with Crippen LogP contribution < -0.4 is 11.1 Å². The van der Waals surface area contributed by atoms with E-state index in [4.69, 9.17) is 11.1 Å². The summed E-state index contributed by atoms with van der Waals surface area (Å²) in [6.07, 6.45) is 0. The van der Waals surface area contributed by atoms with Crippen LogP contribution in [0.5, 0.6) is 0 Å². The highest BCUT2D eigenvalue weighted by Gasteiger charge is 2.16. The molecule has 0 atom stereocenters. The highest BCUT2D eigenvalue weighted by molar-refractivity contribution is 6.00. The summed E-state index contributed by atoms with van der Waals surface area (Å²) in [4.78, 5) is 0. The van der Waals surface area contributed by atoms with Gasteiger partial charge in [0.2, 0.25) is 0 Å². The van der Waals surface area contributed by atoms with Gasteiger partial charge in [-0.15, -0.1) is 0 Å². The first-order valence-corrected chi connectivity index (χ1v) is 4.72. The zero-order valence-corrected chi connectivity index (χ0v) is 9.19. The van der Waals surface area contributed by atoms with Gasteiger partial charge in [-0.25, -0.2) is 4.39 Å². The second-order valence-electron chi connectivity index (χ2n) is 4.45. The summed E-state index contributed by atoms with van der Waals surface area (Å²) < 4.78 is 13.4. The third-order valence-corrected chi connectivity index (χ3v) is 1.79. The minimum absolute atomic E-state index is 0.132. The molecule has 0 unspecified atom stereocenters. The fourth-order valence-corrected chi connectivity index (χ4v) is 1.31. The number of rotatable bonds is 2. The Morgan fingerprint density at radius 3 is 2.47 bits per heavy atom. The van der Waals surface area contributed by atoms with Gasteiger partial charge in [0.05, 0.1) is 5.56 Å². The fourth-order valence-electron chi connectivity index (χ4n) is 1.31. The predicted molar refractivity (Wildman–Crippen MR) is 60.8 cm³/mol. The van der Waals surface area contributed by atoms with E-state index in [9.17, 15) is 4.39 Å². The van der Waals surface area contributed by atoms with Gasteiger partial charge in [-0.05, 0) is 32.9 Å². The summed E-state index contributed by atoms with van der Waals surface area (Å²) in [5, 5.41) is 10.4. The van der Waals surface area contributed by atoms with Gasteiger partial charge in [0.15, 0.2) is 0 Å². The molecule has 0 aliphatic heterocycles. The van der Waals surface area contributed by atoms with E-state index in [0.29, 0.717) is 5.69 Å². The molecule has 82 valence electrons. The van der Waals surface area contributed by atoms with Crippen molar-refractivity contribution in [3.05, 3.63) is 29.6 Å². The smallest absolute Gasteiger partial charge is 0.136 e. The Hall–Kier alpha value is -1.58. The van der Waals surface area contributed by atoms with E-state index in [1.165, 1.54) is 6.07 Å². The lowest BCUT2D eigenvalue weighted by Crippen LogP contribution is -2.28. The Bertz CT molecular complexity index is 380. The zero-order valence-electron chi connectivity index (χ0n) is 9.19. The Morgan fingerprint density at radius 1 is 1.40 bits per heavy atom. The average Bonchev–Trinajstić information content (AvgIpc) is 1.99. The molecule has 0 saturated carbocycles. The quantitative estimate of drug-likeness (QED) is 0.517. The van der Waals surface area contributed by atoms with Crippen LogP contribution in [-0.2, 0) is 0 Å². The Morgan fingerprint density at radius 2 is 2.00 bits per heavy atom. The third kappa shape index (κ3) is 2.94. The van der Waals surface area contributed by atoms with Crippen LogP contribution in [0.4, 0.5) is 10.1 Å². The van der Waals surface area contributed by atoms with Crippen LogP contribution in [-0.4, -0.2) is 11.4 Å². The number of hydrogen-bond donors (Lipinski definition) is 3. The Labute approximate surface area is 89.0 Å². The molecule has 15 heavy (non-hydrogen) atoms. The second-order valence-corrected chi connectivity index (χ2v) is 4.45. The molecule has 0 aliphatic rings. The normalized spacial score (nSPS) is 11.2. The van der Waals surface area contributed by atoms with Crippen molar-refractivity contribution in [1.82, 2.24) is 0 Å². The summed E-state index contributed by atoms with van der Waals surface area (Å²) in [6.45, 7) is 5.88. The lowest BCUT2D eigenvalue weighted by Gasteiger charge is -2.24. The summed E-state index contributed by atoms with van der Waals surface area (Å²) >= 11 is 0. The van der Waals surface area contributed by atoms with Crippen molar-refractivity contribution in [2.45, 2.75) is 26.3 Å². The lowest BCUT2D eigenvalue weighted by atomic mass is 10.1. The van der Waals surface area contributed by atoms with Gasteiger partial charge in [0, 0.05) is 11.2 Å². The topological polar surface area (TPSA) is 61.9 Å². The Kier molecular flexibility index (Phi) is 2.98. The van der Waals surface area contributed by atoms with Crippen molar-refractivity contribution in [2.24, 2.45) is 5.73 Å². The third-order valence-electron chi connectivity index (χ3n) is 1.79. The number of nitrogens with two attached hydrogens (primary N) is 1. The molecule has 0 bridgehead atoms. The number of benzene rings is 1. The molecule has 3 nitrogen and oxygen atoms in total. The zero-order chi connectivity index (χ0) is 11.6. The molecule has 0 heterocycles. The van der Waals surface area contributed by atoms with Crippen LogP contribution in [0.3, 0.4) is 0 Å². The number of hydrogen-bond acceptors (Lipinski definition) is 2. The minimum Gasteiger partial charge on any atom is -0.384 e. The van der Waals surface area contributed by atoms with Gasteiger partial charge < -0.3 is 11.1 Å². The van der Waals surface area contributed by atoms with Gasteiger partial charge in [0.25, 0.3) is 0 Å². The van der Waals surface area contributed by atoms with Gasteiger partial charge in [0.1, 0.15) is 11.7 Å². The van der Waals surface area contributed by atoms with E-state index in [1.807, 2.05) is 20.8 Å². The van der Waals surface area contributed by atoms with Crippen molar-refractivity contribution in [1.29, 1.82) is 5.41 Å². The highest BCUT2D eigenvalue weighted by atomic mass is 19.1. The fraction of sp³-hybridized carbons (Fsp3) is 0.364. The molecule has 4 N–H and O–H groups in total. The van der Waals surface area contributed by atoms with Crippen LogP contribution in [0.2, 0.25) is 0 Å². The summed E-state index contributed by atoms with van der Waals surface area (Å²) in [6, 6.07) is 4.60. The van der Waals surface area contributed by atoms with E-state index >= 15 is 0 Å². The van der Waals surface area contributed by atoms with Crippen LogP contribution in [0, 0.1) is 11.2 Å². The maximum Gasteiger partial charge on any atom is 0.136 e. The average molecular weight is 209 g/mol. The van der Waals surface area contributed by atoms with Crippen LogP contribution in [0.1, 0.15) is 26.3 Å². The van der Waals surface area contributed by atoms with Gasteiger partial charge >= 0.3 is 0 Å². The molecule has 0 spiro atoms. The summed E-state index contributed by atoms with van der Waals surface area (Å²) in [5.41, 5.74) is 5.82. The van der Waals surface area contributed by atoms with Gasteiger partial charge in [-0.2, -0.15) is 0 Å². The molecule has 4 heteroatoms. The first kappa shape index (κ1) is 11.5.